The Kier molecular flexibility index (Phi) is 18.1. The van der Waals surface area contributed by atoms with Crippen LogP contribution in [0.3, 0.4) is 0 Å². The van der Waals surface area contributed by atoms with Gasteiger partial charge in [-0.3, -0.25) is 38.4 Å². The van der Waals surface area contributed by atoms with Crippen LogP contribution in [0.1, 0.15) is 126 Å². The summed E-state index contributed by atoms with van der Waals surface area (Å²) in [5.74, 6) is -24.3. The minimum atomic E-state index is -6.68. The molecule has 6 aliphatic carbocycles. The van der Waals surface area contributed by atoms with Gasteiger partial charge in [-0.25, -0.2) is 0 Å². The summed E-state index contributed by atoms with van der Waals surface area (Å²) in [4.78, 5) is 125. The Labute approximate surface area is 615 Å². The molecule has 0 aliphatic heterocycles. The molecule has 0 heterocycles. The summed E-state index contributed by atoms with van der Waals surface area (Å²) in [5, 5.41) is 51.6. The van der Waals surface area contributed by atoms with E-state index >= 15 is 25.3 Å². The molecule has 1 unspecified atom stereocenters. The summed E-state index contributed by atoms with van der Waals surface area (Å²) in [6.07, 6.45) is -1.48. The monoisotopic (exact) mass is 1580 g/mol. The molecule has 6 aromatic rings. The molecule has 0 bridgehead atoms. The van der Waals surface area contributed by atoms with Crippen molar-refractivity contribution in [1.29, 1.82) is 0 Å². The van der Waals surface area contributed by atoms with Crippen molar-refractivity contribution in [2.45, 2.75) is 56.8 Å². The number of hydrogen-bond acceptors (Lipinski definition) is 30. The molecule has 6 aliphatic rings. The lowest BCUT2D eigenvalue weighted by Crippen LogP contribution is -2.30. The maximum absolute atomic E-state index is 16.4. The summed E-state index contributed by atoms with van der Waals surface area (Å²) in [6, 6.07) is 11.9. The lowest BCUT2D eigenvalue weighted by atomic mass is 9.72. The number of Topliss-reactive ketones (excluding diaryl/α,β-unsaturated/α-hetero) is 8. The van der Waals surface area contributed by atoms with Gasteiger partial charge in [-0.2, -0.15) is 33.7 Å². The molecular formula is C61H32N24O22S4. The van der Waals surface area contributed by atoms with Gasteiger partial charge >= 0.3 is 40.5 Å². The molecule has 46 nitrogen and oxygen atoms in total. The molecular weight excluding hydrogens is 1550 g/mol. The summed E-state index contributed by atoms with van der Waals surface area (Å²) in [5.41, 5.74) is 51.4. The van der Waals surface area contributed by atoms with E-state index in [1.54, 1.807) is 0 Å². The molecule has 1 spiro atoms. The molecule has 552 valence electrons. The van der Waals surface area contributed by atoms with Crippen molar-refractivity contribution in [3.8, 4) is 34.5 Å². The Morgan fingerprint density at radius 2 is 0.604 bits per heavy atom. The van der Waals surface area contributed by atoms with Gasteiger partial charge in [0.2, 0.25) is 57.8 Å². The van der Waals surface area contributed by atoms with Crippen LogP contribution in [0.2, 0.25) is 0 Å². The van der Waals surface area contributed by atoms with Crippen LogP contribution in [0.5, 0.6) is 34.5 Å². The average molecular weight is 1580 g/mol. The van der Waals surface area contributed by atoms with Crippen LogP contribution in [-0.4, -0.2) is 90.2 Å². The maximum Gasteiger partial charge on any atom is 0.340 e. The fourth-order valence-electron chi connectivity index (χ4n) is 14.1. The first kappa shape index (κ1) is 75.4. The lowest BCUT2D eigenvalue weighted by Gasteiger charge is -2.32. The van der Waals surface area contributed by atoms with Crippen LogP contribution in [0.15, 0.2) is 149 Å². The number of allylic oxidation sites excluding steroid dienone is 4. The molecule has 6 aromatic carbocycles. The number of rotatable bonds is 20. The van der Waals surface area contributed by atoms with E-state index in [2.05, 4.69) is 80.2 Å². The molecule has 0 aromatic heterocycles. The number of carbonyl (C=O) groups is 8. The number of aromatic hydroxyl groups is 2. The Morgan fingerprint density at radius 3 is 0.901 bits per heavy atom. The molecule has 2 N–H and O–H groups in total. The van der Waals surface area contributed by atoms with Crippen molar-refractivity contribution in [2.24, 2.45) is 40.9 Å². The summed E-state index contributed by atoms with van der Waals surface area (Å²) in [6.45, 7) is 5.20. The third-order valence-electron chi connectivity index (χ3n) is 17.9. The Balaban J connectivity index is 1.25. The molecule has 0 saturated heterocycles. The van der Waals surface area contributed by atoms with Gasteiger partial charge in [0.15, 0.2) is 23.0 Å². The number of phenolic OH excluding ortho intramolecular Hbond substituents is 2. The number of azide groups is 8. The first-order valence-electron chi connectivity index (χ1n) is 30.2. The largest absolute Gasteiger partial charge is 0.504 e. The molecule has 111 heavy (non-hydrogen) atoms. The highest BCUT2D eigenvalue weighted by Crippen LogP contribution is 2.71. The zero-order chi connectivity index (χ0) is 80.9. The molecule has 0 fully saturated rings. The van der Waals surface area contributed by atoms with Gasteiger partial charge in [0.25, 0.3) is 0 Å². The van der Waals surface area contributed by atoms with E-state index in [1.165, 1.54) is 27.7 Å². The number of hydrogen-bond donors (Lipinski definition) is 2. The van der Waals surface area contributed by atoms with Crippen molar-refractivity contribution < 1.29 is 99.0 Å². The fourth-order valence-corrected chi connectivity index (χ4v) is 19.3. The maximum atomic E-state index is 16.4. The minimum absolute atomic E-state index is 0.397. The smallest absolute Gasteiger partial charge is 0.340 e. The Bertz CT molecular complexity index is 6730. The number of nitrogens with zero attached hydrogens (tertiary/aromatic N) is 24. The van der Waals surface area contributed by atoms with Crippen molar-refractivity contribution in [2.75, 3.05) is 0 Å². The van der Waals surface area contributed by atoms with Crippen molar-refractivity contribution in [3.05, 3.63) is 258 Å². The van der Waals surface area contributed by atoms with Gasteiger partial charge < -0.3 is 26.9 Å². The van der Waals surface area contributed by atoms with Crippen LogP contribution in [0, 0.1) is 0 Å². The van der Waals surface area contributed by atoms with Crippen molar-refractivity contribution in [3.63, 3.8) is 0 Å². The number of phenols is 2. The number of benzene rings is 6. The van der Waals surface area contributed by atoms with Gasteiger partial charge in [0.05, 0.1) is 0 Å². The van der Waals surface area contributed by atoms with Crippen LogP contribution >= 0.6 is 0 Å². The SMILES string of the molecule is CC1(C)CC2(CC(C)(C)c3cc(OS(=O)(=O)C4=C(N=[N+]=[N-])C(=O)C(=O)c5cccc(N=[N+]=[N-])c54)c(OS(=O)(=O)C4=C(N=[N+]=[N-])C(=O)C(=O)c5cccc(N=[N+]=[N-])c54)c(OS(=O)(=O)C4=C(N=[N+]=[N-])C(=O)C(=O)c5cccc(N=[N+]=[N-])c54)c32)c2c1cc(OS(=O)(=O)C1=C(N=[N+]=[N-])C(=O)C(=O)c3cccc(N=[N+]=[N-])c31)c(O)c2O. The highest BCUT2D eigenvalue weighted by molar-refractivity contribution is 7.98. The highest BCUT2D eigenvalue weighted by Gasteiger charge is 2.62. The second-order valence-electron chi connectivity index (χ2n) is 25.0. The standard InChI is InChI=1S/C61H32N24O22S4/c1-59(2)19-61(37-25(59)17-31(47(90)48(37)91)104-108(96,97)55-33-21(9-5-13-27(33)70-78-62)43(86)49(92)39(55)74-82-66)20-60(3,4)26-18-32(105-109(98,99)56-34-22(10-6-14-28(34)71-79-63)44(87)50(93)40(56)75-83-67)53(106-110(100,101)57-35-23(11-7-15-29(35)72-80-64)45(88)51(94)41(57)76-84-68)54(38(26)61)107-111(102,103)58-36-24(12-8-16-30(36)73-81-65)46(89)52(95)42(58)77-85-69/h5-18,90-91H,19-20H2,1-4H3. The zero-order valence-electron chi connectivity index (χ0n) is 55.4. The van der Waals surface area contributed by atoms with Crippen LogP contribution in [0.4, 0.5) is 22.7 Å². The second kappa shape index (κ2) is 26.6. The first-order chi connectivity index (χ1) is 52.4. The normalized spacial score (nSPS) is 17.1. The second-order valence-corrected chi connectivity index (χ2v) is 30.9. The lowest BCUT2D eigenvalue weighted by molar-refractivity contribution is -0.112. The van der Waals surface area contributed by atoms with Gasteiger partial charge in [-0.05, 0) is 91.2 Å². The van der Waals surface area contributed by atoms with Crippen LogP contribution < -0.4 is 16.7 Å². The van der Waals surface area contributed by atoms with E-state index in [4.69, 9.17) is 16.7 Å². The zero-order valence-corrected chi connectivity index (χ0v) is 58.7. The predicted molar refractivity (Wildman–Crippen MR) is 373 cm³/mol. The number of ketones is 8. The van der Waals surface area contributed by atoms with Gasteiger partial charge in [-0.15, -0.1) is 0 Å². The van der Waals surface area contributed by atoms with Gasteiger partial charge in [-0.1, -0.05) is 141 Å². The summed E-state index contributed by atoms with van der Waals surface area (Å²) >= 11 is 0. The first-order valence-corrected chi connectivity index (χ1v) is 35.9. The quantitative estimate of drug-likeness (QED) is 0.0179. The molecule has 0 saturated carbocycles. The summed E-state index contributed by atoms with van der Waals surface area (Å²) in [7, 11) is -25.7. The third-order valence-corrected chi connectivity index (χ3v) is 23.1. The van der Waals surface area contributed by atoms with Gasteiger partial charge in [0, 0.05) is 123 Å². The van der Waals surface area contributed by atoms with Crippen LogP contribution in [-0.2, 0) is 75.9 Å². The van der Waals surface area contributed by atoms with E-state index < -0.39 is 282 Å². The average Bonchev–Trinajstić information content (AvgIpc) is 1.51. The highest BCUT2D eigenvalue weighted by atomic mass is 32.2. The van der Waals surface area contributed by atoms with E-state index in [1.807, 2.05) is 0 Å². The van der Waals surface area contributed by atoms with E-state index in [-0.39, 0.29) is 0 Å². The van der Waals surface area contributed by atoms with Crippen molar-refractivity contribution >= 4 is 129 Å². The summed E-state index contributed by atoms with van der Waals surface area (Å²) < 4.78 is 150. The molecule has 50 heteroatoms. The third kappa shape index (κ3) is 11.6. The minimum Gasteiger partial charge on any atom is -0.504 e. The van der Waals surface area contributed by atoms with Crippen LogP contribution in [0.25, 0.3) is 103 Å². The van der Waals surface area contributed by atoms with Crippen molar-refractivity contribution in [1.82, 2.24) is 0 Å². The Hall–Kier alpha value is -15.3. The number of fused-ring (bicyclic) bond motifs is 8. The van der Waals surface area contributed by atoms with E-state index in [0.717, 1.165) is 78.9 Å². The predicted octanol–water partition coefficient (Wildman–Crippen LogP) is 13.1. The topological polar surface area (TPSA) is 741 Å². The molecule has 1 atom stereocenters. The molecule has 0 radical (unpaired) electrons. The van der Waals surface area contributed by atoms with Gasteiger partial charge in [0.1, 0.15) is 42.4 Å². The van der Waals surface area contributed by atoms with E-state index in [9.17, 15) is 101 Å². The number of carbonyl (C=O) groups excluding carboxylic acids is 8. The van der Waals surface area contributed by atoms with E-state index in [0.29, 0.717) is 6.07 Å². The molecule has 12 rings (SSSR count). The molecule has 0 amide bonds. The Morgan fingerprint density at radius 1 is 0.342 bits per heavy atom. The fraction of sp³-hybridized carbons (Fsp3) is 0.148.